The summed E-state index contributed by atoms with van der Waals surface area (Å²) in [7, 11) is 0. The van der Waals surface area contributed by atoms with Gasteiger partial charge in [-0.2, -0.15) is 0 Å². The Morgan fingerprint density at radius 2 is 2.18 bits per heavy atom. The van der Waals surface area contributed by atoms with Crippen LogP contribution in [-0.4, -0.2) is 24.7 Å². The fraction of sp³-hybridized carbons (Fsp3) is 0.714. The van der Waals surface area contributed by atoms with Gasteiger partial charge in [0.2, 0.25) is 5.78 Å². The van der Waals surface area contributed by atoms with E-state index in [0.29, 0.717) is 12.2 Å². The zero-order valence-electron chi connectivity index (χ0n) is 10.3. The van der Waals surface area contributed by atoms with Crippen molar-refractivity contribution in [2.45, 2.75) is 51.0 Å². The molecule has 0 aromatic rings. The smallest absolute Gasteiger partial charge is 0.211 e. The molecule has 1 N–H and O–H groups in total. The first-order valence-corrected chi connectivity index (χ1v) is 6.43. The standard InChI is InChI=1S/C14H21NO2/c1-2-3-4-5-6-7-12-8-9-13(15-10-12)14(17)11-16/h1,11-13,15H,3-10H2. The minimum Gasteiger partial charge on any atom is -0.307 e. The molecule has 3 heteroatoms. The first-order chi connectivity index (χ1) is 8.27. The molecule has 1 fully saturated rings. The number of unbranched alkanes of at least 4 members (excludes halogenated alkanes) is 3. The normalized spacial score (nSPS) is 23.9. The molecule has 3 nitrogen and oxygen atoms in total. The van der Waals surface area contributed by atoms with E-state index < -0.39 is 0 Å². The fourth-order valence-electron chi connectivity index (χ4n) is 2.32. The van der Waals surface area contributed by atoms with Crippen molar-refractivity contribution in [3.8, 4) is 12.3 Å². The van der Waals surface area contributed by atoms with Crippen molar-refractivity contribution in [1.29, 1.82) is 0 Å². The maximum Gasteiger partial charge on any atom is 0.211 e. The number of aldehydes is 1. The van der Waals surface area contributed by atoms with Crippen LogP contribution in [0.15, 0.2) is 0 Å². The summed E-state index contributed by atoms with van der Waals surface area (Å²) in [6.07, 6.45) is 13.0. The highest BCUT2D eigenvalue weighted by atomic mass is 16.2. The summed E-state index contributed by atoms with van der Waals surface area (Å²) in [5.41, 5.74) is 0. The number of rotatable bonds is 7. The lowest BCUT2D eigenvalue weighted by atomic mass is 9.89. The van der Waals surface area contributed by atoms with Gasteiger partial charge in [-0.1, -0.05) is 12.8 Å². The topological polar surface area (TPSA) is 46.2 Å². The van der Waals surface area contributed by atoms with Crippen molar-refractivity contribution < 1.29 is 9.59 Å². The first kappa shape index (κ1) is 13.9. The molecule has 1 rings (SSSR count). The lowest BCUT2D eigenvalue weighted by molar-refractivity contribution is -0.131. The highest BCUT2D eigenvalue weighted by molar-refractivity contribution is 6.27. The molecule has 2 atom stereocenters. The summed E-state index contributed by atoms with van der Waals surface area (Å²) < 4.78 is 0. The minimum absolute atomic E-state index is 0.231. The molecule has 0 spiro atoms. The maximum absolute atomic E-state index is 11.2. The number of Topliss-reactive ketones (excluding diaryl/α,β-unsaturated/α-hetero) is 1. The largest absolute Gasteiger partial charge is 0.307 e. The second-order valence-corrected chi connectivity index (χ2v) is 4.73. The van der Waals surface area contributed by atoms with E-state index in [1.54, 1.807) is 0 Å². The SMILES string of the molecule is C#CCCCCCC1CCC(C(=O)C=O)NC1. The molecular weight excluding hydrogens is 214 g/mol. The van der Waals surface area contributed by atoms with Crippen LogP contribution in [0.25, 0.3) is 0 Å². The van der Waals surface area contributed by atoms with Crippen LogP contribution < -0.4 is 5.32 Å². The monoisotopic (exact) mass is 235 g/mol. The van der Waals surface area contributed by atoms with Crippen molar-refractivity contribution in [2.24, 2.45) is 5.92 Å². The van der Waals surface area contributed by atoms with Crippen molar-refractivity contribution in [3.05, 3.63) is 0 Å². The number of nitrogens with one attached hydrogen (secondary N) is 1. The predicted octanol–water partition coefficient (Wildman–Crippen LogP) is 1.71. The Labute approximate surface area is 103 Å². The third-order valence-corrected chi connectivity index (χ3v) is 3.41. The fourth-order valence-corrected chi connectivity index (χ4v) is 2.32. The Morgan fingerprint density at radius 1 is 1.35 bits per heavy atom. The zero-order chi connectivity index (χ0) is 12.5. The highest BCUT2D eigenvalue weighted by Gasteiger charge is 2.24. The number of piperidine rings is 1. The van der Waals surface area contributed by atoms with Gasteiger partial charge in [0.05, 0.1) is 6.04 Å². The van der Waals surface area contributed by atoms with Crippen molar-refractivity contribution >= 4 is 12.1 Å². The van der Waals surface area contributed by atoms with Crippen LogP contribution in [0.1, 0.15) is 44.9 Å². The number of hydrogen-bond donors (Lipinski definition) is 1. The van der Waals surface area contributed by atoms with Gasteiger partial charge >= 0.3 is 0 Å². The van der Waals surface area contributed by atoms with Gasteiger partial charge in [0.25, 0.3) is 0 Å². The summed E-state index contributed by atoms with van der Waals surface area (Å²) in [6.45, 7) is 0.861. The average molecular weight is 235 g/mol. The molecule has 1 aliphatic rings. The van der Waals surface area contributed by atoms with E-state index in [1.165, 1.54) is 19.3 Å². The van der Waals surface area contributed by atoms with E-state index in [-0.39, 0.29) is 11.8 Å². The average Bonchev–Trinajstić information content (AvgIpc) is 2.38. The molecule has 17 heavy (non-hydrogen) atoms. The van der Waals surface area contributed by atoms with Crippen LogP contribution in [0.4, 0.5) is 0 Å². The van der Waals surface area contributed by atoms with Crippen molar-refractivity contribution in [3.63, 3.8) is 0 Å². The second-order valence-electron chi connectivity index (χ2n) is 4.73. The molecule has 0 aromatic heterocycles. The van der Waals surface area contributed by atoms with E-state index >= 15 is 0 Å². The van der Waals surface area contributed by atoms with Gasteiger partial charge in [0.15, 0.2) is 6.29 Å². The van der Waals surface area contributed by atoms with Crippen LogP contribution in [0.5, 0.6) is 0 Å². The minimum atomic E-state index is -0.308. The summed E-state index contributed by atoms with van der Waals surface area (Å²) in [4.78, 5) is 21.5. The predicted molar refractivity (Wildman–Crippen MR) is 67.5 cm³/mol. The van der Waals surface area contributed by atoms with Crippen LogP contribution in [-0.2, 0) is 9.59 Å². The van der Waals surface area contributed by atoms with E-state index in [4.69, 9.17) is 6.42 Å². The summed E-state index contributed by atoms with van der Waals surface area (Å²) >= 11 is 0. The molecule has 94 valence electrons. The molecule has 0 aliphatic carbocycles. The van der Waals surface area contributed by atoms with E-state index in [0.717, 1.165) is 32.2 Å². The number of carbonyl (C=O) groups is 2. The number of terminal acetylenes is 1. The number of carbonyl (C=O) groups excluding carboxylic acids is 2. The van der Waals surface area contributed by atoms with Crippen LogP contribution in [0.3, 0.4) is 0 Å². The summed E-state index contributed by atoms with van der Waals surface area (Å²) in [6, 6.07) is -0.231. The Balaban J connectivity index is 2.09. The van der Waals surface area contributed by atoms with Gasteiger partial charge in [-0.15, -0.1) is 12.3 Å². The zero-order valence-corrected chi connectivity index (χ0v) is 10.3. The van der Waals surface area contributed by atoms with E-state index in [1.807, 2.05) is 0 Å². The molecule has 0 saturated carbocycles. The molecule has 1 heterocycles. The highest BCUT2D eigenvalue weighted by Crippen LogP contribution is 2.20. The number of ketones is 1. The van der Waals surface area contributed by atoms with Gasteiger partial charge in [0.1, 0.15) is 0 Å². The van der Waals surface area contributed by atoms with Gasteiger partial charge in [-0.05, 0) is 38.1 Å². The Hall–Kier alpha value is -1.14. The molecular formula is C14H21NO2. The van der Waals surface area contributed by atoms with E-state index in [9.17, 15) is 9.59 Å². The van der Waals surface area contributed by atoms with Gasteiger partial charge < -0.3 is 5.32 Å². The van der Waals surface area contributed by atoms with Crippen LogP contribution >= 0.6 is 0 Å². The van der Waals surface area contributed by atoms with Crippen LogP contribution in [0.2, 0.25) is 0 Å². The van der Waals surface area contributed by atoms with Gasteiger partial charge in [0, 0.05) is 6.42 Å². The van der Waals surface area contributed by atoms with Gasteiger partial charge in [-0.3, -0.25) is 9.59 Å². The molecule has 0 aromatic carbocycles. The first-order valence-electron chi connectivity index (χ1n) is 6.43. The molecule has 0 bridgehead atoms. The number of hydrogen-bond acceptors (Lipinski definition) is 3. The third-order valence-electron chi connectivity index (χ3n) is 3.41. The molecule has 2 unspecified atom stereocenters. The van der Waals surface area contributed by atoms with Crippen molar-refractivity contribution in [1.82, 2.24) is 5.32 Å². The Kier molecular flexibility index (Phi) is 6.57. The van der Waals surface area contributed by atoms with E-state index in [2.05, 4.69) is 11.2 Å². The third kappa shape index (κ3) is 5.14. The Bertz CT molecular complexity index is 285. The van der Waals surface area contributed by atoms with Gasteiger partial charge in [-0.25, -0.2) is 0 Å². The Morgan fingerprint density at radius 3 is 2.76 bits per heavy atom. The molecule has 0 radical (unpaired) electrons. The second kappa shape index (κ2) is 8.03. The lowest BCUT2D eigenvalue weighted by Crippen LogP contribution is -2.44. The summed E-state index contributed by atoms with van der Waals surface area (Å²) in [5, 5.41) is 3.16. The quantitative estimate of drug-likeness (QED) is 0.316. The molecule has 1 aliphatic heterocycles. The molecule has 1 saturated heterocycles. The lowest BCUT2D eigenvalue weighted by Gasteiger charge is -2.27. The summed E-state index contributed by atoms with van der Waals surface area (Å²) in [5.74, 6) is 2.99. The van der Waals surface area contributed by atoms with Crippen molar-refractivity contribution in [2.75, 3.05) is 6.54 Å². The molecule has 0 amide bonds. The van der Waals surface area contributed by atoms with Crippen LogP contribution in [0, 0.1) is 18.3 Å². The maximum atomic E-state index is 11.2.